The van der Waals surface area contributed by atoms with Crippen LogP contribution in [0.1, 0.15) is 25.3 Å². The van der Waals surface area contributed by atoms with Crippen LogP contribution in [0, 0.1) is 5.92 Å². The van der Waals surface area contributed by atoms with Crippen LogP contribution < -0.4 is 5.32 Å². The normalized spacial score (nSPS) is 17.7. The molecule has 1 aliphatic heterocycles. The van der Waals surface area contributed by atoms with Crippen LogP contribution in [0.4, 0.5) is 0 Å². The van der Waals surface area contributed by atoms with Gasteiger partial charge in [-0.05, 0) is 61.7 Å². The molecular formula is C23H26ClN3O3S. The van der Waals surface area contributed by atoms with Gasteiger partial charge in [-0.25, -0.2) is 8.42 Å². The molecule has 1 N–H and O–H groups in total. The van der Waals surface area contributed by atoms with Crippen LogP contribution in [0.5, 0.6) is 0 Å². The maximum Gasteiger partial charge on any atom is 0.243 e. The Labute approximate surface area is 187 Å². The molecular weight excluding hydrogens is 434 g/mol. The van der Waals surface area contributed by atoms with E-state index >= 15 is 0 Å². The lowest BCUT2D eigenvalue weighted by atomic mass is 9.99. The van der Waals surface area contributed by atoms with Crippen LogP contribution in [0.25, 0.3) is 10.9 Å². The number of halogens is 1. The van der Waals surface area contributed by atoms with E-state index in [1.165, 1.54) is 4.31 Å². The molecule has 2 heterocycles. The van der Waals surface area contributed by atoms with Crippen LogP contribution in [-0.4, -0.2) is 36.3 Å². The number of hydrogen-bond acceptors (Lipinski definition) is 3. The Bertz CT molecular complexity index is 1190. The van der Waals surface area contributed by atoms with Gasteiger partial charge in [0.25, 0.3) is 0 Å². The largest absolute Gasteiger partial charge is 0.352 e. The van der Waals surface area contributed by atoms with E-state index in [9.17, 15) is 13.2 Å². The van der Waals surface area contributed by atoms with Crippen LogP contribution >= 0.6 is 11.6 Å². The fourth-order valence-corrected chi connectivity index (χ4v) is 5.76. The lowest BCUT2D eigenvalue weighted by Gasteiger charge is -2.31. The third-order valence-corrected chi connectivity index (χ3v) is 7.97. The molecule has 0 saturated carbocycles. The lowest BCUT2D eigenvalue weighted by molar-refractivity contribution is -0.126. The molecule has 1 aromatic heterocycles. The zero-order valence-electron chi connectivity index (χ0n) is 17.4. The summed E-state index contributed by atoms with van der Waals surface area (Å²) < 4.78 is 30.0. The minimum absolute atomic E-state index is 0.120. The number of amides is 1. The molecule has 0 bridgehead atoms. The van der Waals surface area contributed by atoms with Crippen molar-refractivity contribution < 1.29 is 13.2 Å². The number of hydrogen-bond donors (Lipinski definition) is 1. The molecule has 4 rings (SSSR count). The number of fused-ring (bicyclic) bond motifs is 1. The molecule has 31 heavy (non-hydrogen) atoms. The highest BCUT2D eigenvalue weighted by Gasteiger charge is 2.33. The Morgan fingerprint density at radius 3 is 2.68 bits per heavy atom. The number of nitrogens with zero attached hydrogens (tertiary/aromatic N) is 2. The standard InChI is InChI=1S/C23H26ClN3O3S/c1-2-26-13-11-18-14-21(9-10-22(18)26)31(29,30)27-12-3-4-19(16-27)23(28)25-15-17-5-7-20(24)8-6-17/h5-11,13-14,19H,2-4,12,15-16H2,1H3,(H,25,28). The van der Waals surface area contributed by atoms with Gasteiger partial charge in [0, 0.05) is 48.3 Å². The molecule has 1 atom stereocenters. The number of piperidine rings is 1. The number of carbonyl (C=O) groups excluding carboxylic acids is 1. The Hall–Kier alpha value is -2.35. The van der Waals surface area contributed by atoms with Gasteiger partial charge in [-0.3, -0.25) is 4.79 Å². The second-order valence-corrected chi connectivity index (χ2v) is 10.2. The molecule has 164 valence electrons. The molecule has 0 spiro atoms. The second kappa shape index (κ2) is 9.02. The van der Waals surface area contributed by atoms with Crippen molar-refractivity contribution in [3.8, 4) is 0 Å². The van der Waals surface area contributed by atoms with E-state index in [2.05, 4.69) is 16.8 Å². The van der Waals surface area contributed by atoms with Gasteiger partial charge in [-0.1, -0.05) is 23.7 Å². The first-order valence-corrected chi connectivity index (χ1v) is 12.3. The van der Waals surface area contributed by atoms with Crippen molar-refractivity contribution in [1.29, 1.82) is 0 Å². The molecule has 6 nitrogen and oxygen atoms in total. The van der Waals surface area contributed by atoms with Crippen molar-refractivity contribution in [2.24, 2.45) is 5.92 Å². The molecule has 2 aromatic carbocycles. The highest BCUT2D eigenvalue weighted by Crippen LogP contribution is 2.27. The number of nitrogens with one attached hydrogen (secondary N) is 1. The summed E-state index contributed by atoms with van der Waals surface area (Å²) in [5, 5.41) is 4.47. The van der Waals surface area contributed by atoms with E-state index in [-0.39, 0.29) is 23.3 Å². The molecule has 0 aliphatic carbocycles. The van der Waals surface area contributed by atoms with Crippen LogP contribution in [0.15, 0.2) is 59.6 Å². The van der Waals surface area contributed by atoms with Crippen LogP contribution in [0.2, 0.25) is 5.02 Å². The first kappa shape index (κ1) is 21.9. The van der Waals surface area contributed by atoms with Crippen LogP contribution in [-0.2, 0) is 27.9 Å². The summed E-state index contributed by atoms with van der Waals surface area (Å²) in [5.74, 6) is -0.481. The highest BCUT2D eigenvalue weighted by molar-refractivity contribution is 7.89. The van der Waals surface area contributed by atoms with Gasteiger partial charge >= 0.3 is 0 Å². The smallest absolute Gasteiger partial charge is 0.243 e. The average molecular weight is 460 g/mol. The van der Waals surface area contributed by atoms with E-state index in [1.54, 1.807) is 24.3 Å². The molecule has 1 aliphatic rings. The van der Waals surface area contributed by atoms with Crippen molar-refractivity contribution in [2.75, 3.05) is 13.1 Å². The topological polar surface area (TPSA) is 71.4 Å². The molecule has 0 radical (unpaired) electrons. The quantitative estimate of drug-likeness (QED) is 0.604. The molecule has 1 unspecified atom stereocenters. The summed E-state index contributed by atoms with van der Waals surface area (Å²) >= 11 is 5.90. The van der Waals surface area contributed by atoms with Gasteiger partial charge in [-0.2, -0.15) is 4.31 Å². The average Bonchev–Trinajstić information content (AvgIpc) is 3.21. The van der Waals surface area contributed by atoms with E-state index in [4.69, 9.17) is 11.6 Å². The minimum atomic E-state index is -3.66. The fourth-order valence-electron chi connectivity index (χ4n) is 4.07. The van der Waals surface area contributed by atoms with Crippen LogP contribution in [0.3, 0.4) is 0 Å². The minimum Gasteiger partial charge on any atom is -0.352 e. The number of benzene rings is 2. The van der Waals surface area contributed by atoms with Crippen molar-refractivity contribution in [1.82, 2.24) is 14.2 Å². The fraction of sp³-hybridized carbons (Fsp3) is 0.348. The summed E-state index contributed by atoms with van der Waals surface area (Å²) in [7, 11) is -3.66. The Balaban J connectivity index is 1.45. The number of carbonyl (C=O) groups is 1. The summed E-state index contributed by atoms with van der Waals surface area (Å²) in [5.41, 5.74) is 1.96. The van der Waals surface area contributed by atoms with E-state index < -0.39 is 10.0 Å². The van der Waals surface area contributed by atoms with E-state index in [1.807, 2.05) is 30.5 Å². The number of rotatable bonds is 6. The zero-order valence-corrected chi connectivity index (χ0v) is 19.0. The molecule has 1 amide bonds. The van der Waals surface area contributed by atoms with Gasteiger partial charge in [-0.15, -0.1) is 0 Å². The molecule has 8 heteroatoms. The first-order chi connectivity index (χ1) is 14.9. The number of aromatic nitrogens is 1. The predicted molar refractivity (Wildman–Crippen MR) is 122 cm³/mol. The molecule has 1 saturated heterocycles. The summed E-state index contributed by atoms with van der Waals surface area (Å²) in [6.07, 6.45) is 3.30. The predicted octanol–water partition coefficient (Wildman–Crippen LogP) is 4.03. The summed E-state index contributed by atoms with van der Waals surface area (Å²) in [6, 6.07) is 14.5. The monoisotopic (exact) mass is 459 g/mol. The maximum atomic E-state index is 13.3. The van der Waals surface area contributed by atoms with Gasteiger partial charge in [0.05, 0.1) is 10.8 Å². The van der Waals surface area contributed by atoms with Crippen molar-refractivity contribution in [2.45, 2.75) is 37.8 Å². The van der Waals surface area contributed by atoms with Gasteiger partial charge in [0.1, 0.15) is 0 Å². The zero-order chi connectivity index (χ0) is 22.0. The van der Waals surface area contributed by atoms with E-state index in [0.717, 1.165) is 23.0 Å². The van der Waals surface area contributed by atoms with Gasteiger partial charge < -0.3 is 9.88 Å². The third kappa shape index (κ3) is 4.63. The lowest BCUT2D eigenvalue weighted by Crippen LogP contribution is -2.45. The number of sulfonamides is 1. The van der Waals surface area contributed by atoms with E-state index in [0.29, 0.717) is 31.0 Å². The van der Waals surface area contributed by atoms with Gasteiger partial charge in [0.2, 0.25) is 15.9 Å². The van der Waals surface area contributed by atoms with Crippen molar-refractivity contribution in [3.05, 3.63) is 65.3 Å². The Kier molecular flexibility index (Phi) is 6.36. The Morgan fingerprint density at radius 2 is 1.94 bits per heavy atom. The molecule has 1 fully saturated rings. The second-order valence-electron chi connectivity index (χ2n) is 7.87. The third-order valence-electron chi connectivity index (χ3n) is 5.86. The van der Waals surface area contributed by atoms with Gasteiger partial charge in [0.15, 0.2) is 0 Å². The summed E-state index contributed by atoms with van der Waals surface area (Å²) in [6.45, 7) is 3.90. The SMILES string of the molecule is CCn1ccc2cc(S(=O)(=O)N3CCCC(C(=O)NCc4ccc(Cl)cc4)C3)ccc21. The Morgan fingerprint density at radius 1 is 1.16 bits per heavy atom. The first-order valence-electron chi connectivity index (χ1n) is 10.5. The number of aryl methyl sites for hydroxylation is 1. The summed E-state index contributed by atoms with van der Waals surface area (Å²) in [4.78, 5) is 13.0. The van der Waals surface area contributed by atoms with Crippen molar-refractivity contribution >= 4 is 38.4 Å². The maximum absolute atomic E-state index is 13.3. The molecule has 3 aromatic rings. The highest BCUT2D eigenvalue weighted by atomic mass is 35.5. The van der Waals surface area contributed by atoms with Crippen molar-refractivity contribution in [3.63, 3.8) is 0 Å².